The second-order valence-corrected chi connectivity index (χ2v) is 12.0. The van der Waals surface area contributed by atoms with Crippen LogP contribution < -0.4 is 10.2 Å². The second kappa shape index (κ2) is 10.5. The van der Waals surface area contributed by atoms with Crippen LogP contribution in [0, 0.1) is 18.8 Å². The molecule has 2 aliphatic heterocycles. The minimum absolute atomic E-state index is 0.259. The normalized spacial score (nSPS) is 18.7. The number of carbonyl (C=O) groups excluding carboxylic acids is 1. The number of piperidine rings is 2. The molecule has 0 unspecified atom stereocenters. The molecule has 0 aromatic heterocycles. The Morgan fingerprint density at radius 1 is 0.941 bits per heavy atom. The molecule has 0 saturated carbocycles. The van der Waals surface area contributed by atoms with E-state index < -0.39 is 10.0 Å². The predicted octanol–water partition coefficient (Wildman–Crippen LogP) is 4.58. The van der Waals surface area contributed by atoms with Crippen LogP contribution in [0.2, 0.25) is 0 Å². The standard InChI is InChI=1S/C27H37N3O3S/c1-20-10-14-29(15-11-20)25-9-8-23(27(31)28-19-24-7-5-4-6-22(24)3)18-26(25)34(32,33)30-16-12-21(2)13-17-30/h4-9,18,20-21H,10-17,19H2,1-3H3,(H,28,31). The van der Waals surface area contributed by atoms with Crippen LogP contribution in [-0.2, 0) is 16.6 Å². The Morgan fingerprint density at radius 3 is 2.21 bits per heavy atom. The lowest BCUT2D eigenvalue weighted by Crippen LogP contribution is -2.40. The number of nitrogens with one attached hydrogen (secondary N) is 1. The molecule has 2 aliphatic rings. The van der Waals surface area contributed by atoms with Gasteiger partial charge in [0.1, 0.15) is 4.90 Å². The summed E-state index contributed by atoms with van der Waals surface area (Å²) in [6.45, 7) is 9.56. The fraction of sp³-hybridized carbons (Fsp3) is 0.519. The van der Waals surface area contributed by atoms with Gasteiger partial charge in [-0.3, -0.25) is 4.79 Å². The summed E-state index contributed by atoms with van der Waals surface area (Å²) in [5.74, 6) is 0.922. The molecule has 2 fully saturated rings. The van der Waals surface area contributed by atoms with Crippen molar-refractivity contribution in [3.05, 3.63) is 59.2 Å². The highest BCUT2D eigenvalue weighted by atomic mass is 32.2. The fourth-order valence-corrected chi connectivity index (χ4v) is 6.53. The topological polar surface area (TPSA) is 69.7 Å². The van der Waals surface area contributed by atoms with Crippen molar-refractivity contribution in [1.82, 2.24) is 9.62 Å². The van der Waals surface area contributed by atoms with Crippen molar-refractivity contribution in [2.24, 2.45) is 11.8 Å². The van der Waals surface area contributed by atoms with Gasteiger partial charge in [0, 0.05) is 38.3 Å². The average molecular weight is 484 g/mol. The number of amides is 1. The van der Waals surface area contributed by atoms with Crippen molar-refractivity contribution < 1.29 is 13.2 Å². The van der Waals surface area contributed by atoms with Gasteiger partial charge < -0.3 is 10.2 Å². The number of hydrogen-bond donors (Lipinski definition) is 1. The Morgan fingerprint density at radius 2 is 1.56 bits per heavy atom. The minimum atomic E-state index is -3.70. The number of hydrogen-bond acceptors (Lipinski definition) is 4. The van der Waals surface area contributed by atoms with E-state index in [1.54, 1.807) is 16.4 Å². The predicted molar refractivity (Wildman–Crippen MR) is 137 cm³/mol. The Labute approximate surface area is 204 Å². The van der Waals surface area contributed by atoms with Gasteiger partial charge in [-0.05, 0) is 73.8 Å². The van der Waals surface area contributed by atoms with Crippen LogP contribution in [0.4, 0.5) is 5.69 Å². The molecular weight excluding hydrogens is 446 g/mol. The van der Waals surface area contributed by atoms with Crippen molar-refractivity contribution in [2.45, 2.75) is 57.9 Å². The van der Waals surface area contributed by atoms with E-state index in [9.17, 15) is 13.2 Å². The molecule has 1 amide bonds. The van der Waals surface area contributed by atoms with E-state index in [0.717, 1.165) is 55.6 Å². The van der Waals surface area contributed by atoms with Gasteiger partial charge in [0.15, 0.2) is 0 Å². The third-order valence-corrected chi connectivity index (χ3v) is 9.34. The Balaban J connectivity index is 1.63. The van der Waals surface area contributed by atoms with E-state index in [0.29, 0.717) is 37.0 Å². The largest absolute Gasteiger partial charge is 0.370 e. The maximum Gasteiger partial charge on any atom is 0.251 e. The molecule has 0 aliphatic carbocycles. The number of carbonyl (C=O) groups is 1. The molecule has 4 rings (SSSR count). The van der Waals surface area contributed by atoms with Crippen LogP contribution in [0.5, 0.6) is 0 Å². The van der Waals surface area contributed by atoms with Crippen LogP contribution >= 0.6 is 0 Å². The summed E-state index contributed by atoms with van der Waals surface area (Å²) >= 11 is 0. The summed E-state index contributed by atoms with van der Waals surface area (Å²) in [6.07, 6.45) is 3.82. The third kappa shape index (κ3) is 5.47. The molecule has 0 bridgehead atoms. The summed E-state index contributed by atoms with van der Waals surface area (Å²) < 4.78 is 29.2. The maximum absolute atomic E-state index is 13.8. The summed E-state index contributed by atoms with van der Waals surface area (Å²) in [5.41, 5.74) is 3.26. The summed E-state index contributed by atoms with van der Waals surface area (Å²) in [6, 6.07) is 13.1. The zero-order chi connectivity index (χ0) is 24.3. The van der Waals surface area contributed by atoms with Gasteiger partial charge >= 0.3 is 0 Å². The molecular formula is C27H37N3O3S. The van der Waals surface area contributed by atoms with E-state index in [-0.39, 0.29) is 10.8 Å². The van der Waals surface area contributed by atoms with E-state index >= 15 is 0 Å². The van der Waals surface area contributed by atoms with Crippen molar-refractivity contribution >= 4 is 21.6 Å². The summed E-state index contributed by atoms with van der Waals surface area (Å²) in [5, 5.41) is 2.96. The van der Waals surface area contributed by atoms with E-state index in [4.69, 9.17) is 0 Å². The van der Waals surface area contributed by atoms with Crippen LogP contribution in [0.15, 0.2) is 47.4 Å². The molecule has 1 N–H and O–H groups in total. The quantitative estimate of drug-likeness (QED) is 0.653. The van der Waals surface area contributed by atoms with E-state index in [1.807, 2.05) is 37.3 Å². The smallest absolute Gasteiger partial charge is 0.251 e. The molecule has 184 valence electrons. The van der Waals surface area contributed by atoms with Gasteiger partial charge in [0.25, 0.3) is 5.91 Å². The lowest BCUT2D eigenvalue weighted by atomic mass is 9.98. The first-order chi connectivity index (χ1) is 16.3. The van der Waals surface area contributed by atoms with Crippen molar-refractivity contribution in [2.75, 3.05) is 31.1 Å². The lowest BCUT2D eigenvalue weighted by Gasteiger charge is -2.35. The highest BCUT2D eigenvalue weighted by molar-refractivity contribution is 7.89. The molecule has 2 heterocycles. The third-order valence-electron chi connectivity index (χ3n) is 7.41. The number of nitrogens with zero attached hydrogens (tertiary/aromatic N) is 2. The fourth-order valence-electron chi connectivity index (χ4n) is 4.82. The van der Waals surface area contributed by atoms with E-state index in [1.165, 1.54) is 0 Å². The minimum Gasteiger partial charge on any atom is -0.370 e. The van der Waals surface area contributed by atoms with Crippen LogP contribution in [0.3, 0.4) is 0 Å². The lowest BCUT2D eigenvalue weighted by molar-refractivity contribution is 0.0950. The van der Waals surface area contributed by atoms with Gasteiger partial charge in [0.05, 0.1) is 5.69 Å². The van der Waals surface area contributed by atoms with Crippen molar-refractivity contribution in [3.63, 3.8) is 0 Å². The monoisotopic (exact) mass is 483 g/mol. The number of aryl methyl sites for hydroxylation is 1. The van der Waals surface area contributed by atoms with Gasteiger partial charge in [-0.25, -0.2) is 8.42 Å². The maximum atomic E-state index is 13.8. The molecule has 0 spiro atoms. The highest BCUT2D eigenvalue weighted by Crippen LogP contribution is 2.33. The molecule has 7 heteroatoms. The molecule has 2 aromatic rings. The van der Waals surface area contributed by atoms with E-state index in [2.05, 4.69) is 24.1 Å². The van der Waals surface area contributed by atoms with Crippen molar-refractivity contribution in [3.8, 4) is 0 Å². The van der Waals surface area contributed by atoms with Crippen LogP contribution in [-0.4, -0.2) is 44.8 Å². The highest BCUT2D eigenvalue weighted by Gasteiger charge is 2.32. The zero-order valence-corrected chi connectivity index (χ0v) is 21.4. The van der Waals surface area contributed by atoms with Crippen LogP contribution in [0.1, 0.15) is 61.0 Å². The van der Waals surface area contributed by atoms with Gasteiger partial charge in [-0.2, -0.15) is 4.31 Å². The SMILES string of the molecule is Cc1ccccc1CNC(=O)c1ccc(N2CCC(C)CC2)c(S(=O)(=O)N2CCC(C)CC2)c1. The molecule has 6 nitrogen and oxygen atoms in total. The number of rotatable bonds is 6. The van der Waals surface area contributed by atoms with Crippen molar-refractivity contribution in [1.29, 1.82) is 0 Å². The number of benzene rings is 2. The number of sulfonamides is 1. The first kappa shape index (κ1) is 24.7. The van der Waals surface area contributed by atoms with Gasteiger partial charge in [-0.1, -0.05) is 38.1 Å². The molecule has 0 radical (unpaired) electrons. The summed E-state index contributed by atoms with van der Waals surface area (Å²) in [7, 11) is -3.70. The Bertz CT molecular complexity index is 1120. The summed E-state index contributed by atoms with van der Waals surface area (Å²) in [4.78, 5) is 15.5. The van der Waals surface area contributed by atoms with Gasteiger partial charge in [0.2, 0.25) is 10.0 Å². The molecule has 2 aromatic carbocycles. The molecule has 2 saturated heterocycles. The average Bonchev–Trinajstić information content (AvgIpc) is 2.84. The first-order valence-electron chi connectivity index (χ1n) is 12.5. The molecule has 0 atom stereocenters. The molecule has 34 heavy (non-hydrogen) atoms. The zero-order valence-electron chi connectivity index (χ0n) is 20.6. The number of anilines is 1. The van der Waals surface area contributed by atoms with Crippen LogP contribution in [0.25, 0.3) is 0 Å². The Hall–Kier alpha value is -2.38. The Kier molecular flexibility index (Phi) is 7.63. The van der Waals surface area contributed by atoms with Gasteiger partial charge in [-0.15, -0.1) is 0 Å². The first-order valence-corrected chi connectivity index (χ1v) is 13.9. The second-order valence-electron chi connectivity index (χ2n) is 10.0.